The molecule has 0 aliphatic heterocycles. The van der Waals surface area contributed by atoms with Gasteiger partial charge in [-0.2, -0.15) is 0 Å². The van der Waals surface area contributed by atoms with Crippen molar-refractivity contribution in [2.45, 2.75) is 65.4 Å². The Hall–Kier alpha value is -1.06. The molecule has 3 heteroatoms. The second-order valence-electron chi connectivity index (χ2n) is 7.98. The summed E-state index contributed by atoms with van der Waals surface area (Å²) in [5, 5.41) is 18.5. The lowest BCUT2D eigenvalue weighted by molar-refractivity contribution is 0.0925. The molecule has 0 heterocycles. The highest BCUT2D eigenvalue weighted by Gasteiger charge is 2.27. The largest absolute Gasteiger partial charge is 0.491 e. The van der Waals surface area contributed by atoms with E-state index in [-0.39, 0.29) is 24.0 Å². The smallest absolute Gasteiger partial charge is 0.119 e. The number of hydrogen-bond acceptors (Lipinski definition) is 3. The van der Waals surface area contributed by atoms with Crippen LogP contribution in [0.4, 0.5) is 0 Å². The summed E-state index contributed by atoms with van der Waals surface area (Å²) in [7, 11) is 0. The van der Waals surface area contributed by atoms with Gasteiger partial charge in [0.25, 0.3) is 0 Å². The fourth-order valence-electron chi connectivity index (χ4n) is 3.03. The van der Waals surface area contributed by atoms with Crippen LogP contribution in [-0.4, -0.2) is 29.5 Å². The Morgan fingerprint density at radius 3 is 2.14 bits per heavy atom. The first-order valence-electron chi connectivity index (χ1n) is 8.16. The molecular formula is C19H32O3. The molecule has 22 heavy (non-hydrogen) atoms. The summed E-state index contributed by atoms with van der Waals surface area (Å²) in [6.45, 7) is 11.7. The van der Waals surface area contributed by atoms with Crippen molar-refractivity contribution in [3.05, 3.63) is 29.8 Å². The maximum atomic E-state index is 9.72. The molecule has 0 bridgehead atoms. The molecular weight excluding hydrogens is 276 g/mol. The lowest BCUT2D eigenvalue weighted by Gasteiger charge is -2.33. The number of aliphatic hydroxyl groups is 2. The third-order valence-corrected chi connectivity index (χ3v) is 3.75. The van der Waals surface area contributed by atoms with Crippen LogP contribution in [0.3, 0.4) is 0 Å². The number of hydrogen-bond donors (Lipinski definition) is 2. The van der Waals surface area contributed by atoms with E-state index in [4.69, 9.17) is 9.84 Å². The zero-order valence-corrected chi connectivity index (χ0v) is 14.7. The van der Waals surface area contributed by atoms with Crippen molar-refractivity contribution >= 4 is 0 Å². The molecule has 0 aliphatic carbocycles. The SMILES string of the molecule is CC(C)(C)CC(C)(C)c1ccc(OCC(O)CCCO)cc1. The van der Waals surface area contributed by atoms with Gasteiger partial charge >= 0.3 is 0 Å². The van der Waals surface area contributed by atoms with E-state index < -0.39 is 6.10 Å². The van der Waals surface area contributed by atoms with Crippen molar-refractivity contribution in [1.29, 1.82) is 0 Å². The highest BCUT2D eigenvalue weighted by atomic mass is 16.5. The van der Waals surface area contributed by atoms with E-state index in [1.165, 1.54) is 5.56 Å². The fraction of sp³-hybridized carbons (Fsp3) is 0.684. The van der Waals surface area contributed by atoms with E-state index in [0.717, 1.165) is 12.2 Å². The lowest BCUT2D eigenvalue weighted by atomic mass is 9.72. The average Bonchev–Trinajstić information content (AvgIpc) is 2.40. The van der Waals surface area contributed by atoms with Crippen LogP contribution in [0.1, 0.15) is 59.4 Å². The number of ether oxygens (including phenoxy) is 1. The predicted molar refractivity (Wildman–Crippen MR) is 91.4 cm³/mol. The molecule has 0 aromatic heterocycles. The molecule has 0 saturated carbocycles. The van der Waals surface area contributed by atoms with Gasteiger partial charge in [0.2, 0.25) is 0 Å². The first-order valence-corrected chi connectivity index (χ1v) is 8.16. The van der Waals surface area contributed by atoms with Crippen LogP contribution >= 0.6 is 0 Å². The first-order chi connectivity index (χ1) is 10.1. The van der Waals surface area contributed by atoms with Gasteiger partial charge in [0, 0.05) is 6.61 Å². The Kier molecular flexibility index (Phi) is 6.89. The molecule has 126 valence electrons. The van der Waals surface area contributed by atoms with Gasteiger partial charge in [-0.3, -0.25) is 0 Å². The summed E-state index contributed by atoms with van der Waals surface area (Å²) in [6.07, 6.45) is 1.75. The van der Waals surface area contributed by atoms with Gasteiger partial charge < -0.3 is 14.9 Å². The standard InChI is InChI=1S/C19H32O3/c1-18(2,3)14-19(4,5)15-8-10-17(11-9-15)22-13-16(21)7-6-12-20/h8-11,16,20-21H,6-7,12-14H2,1-5H3. The molecule has 1 atom stereocenters. The Labute approximate surface area is 135 Å². The third-order valence-electron chi connectivity index (χ3n) is 3.75. The molecule has 1 unspecified atom stereocenters. The van der Waals surface area contributed by atoms with Crippen molar-refractivity contribution in [2.75, 3.05) is 13.2 Å². The molecule has 2 N–H and O–H groups in total. The molecule has 1 rings (SSSR count). The lowest BCUT2D eigenvalue weighted by Crippen LogP contribution is -2.24. The predicted octanol–water partition coefficient (Wildman–Crippen LogP) is 3.91. The molecule has 0 radical (unpaired) electrons. The van der Waals surface area contributed by atoms with Crippen LogP contribution in [0, 0.1) is 5.41 Å². The first kappa shape index (κ1) is 19.0. The molecule has 0 fully saturated rings. The normalized spacial score (nSPS) is 14.0. The molecule has 0 amide bonds. The summed E-state index contributed by atoms with van der Waals surface area (Å²) in [5.41, 5.74) is 1.71. The summed E-state index contributed by atoms with van der Waals surface area (Å²) >= 11 is 0. The van der Waals surface area contributed by atoms with Crippen LogP contribution in [0.25, 0.3) is 0 Å². The van der Waals surface area contributed by atoms with Crippen LogP contribution in [-0.2, 0) is 5.41 Å². The minimum Gasteiger partial charge on any atom is -0.491 e. The van der Waals surface area contributed by atoms with Crippen LogP contribution < -0.4 is 4.74 Å². The zero-order chi connectivity index (χ0) is 16.8. The second-order valence-corrected chi connectivity index (χ2v) is 7.98. The Balaban J connectivity index is 2.59. The van der Waals surface area contributed by atoms with Crippen molar-refractivity contribution < 1.29 is 14.9 Å². The van der Waals surface area contributed by atoms with Gasteiger partial charge in [-0.05, 0) is 47.8 Å². The highest BCUT2D eigenvalue weighted by Crippen LogP contribution is 2.36. The van der Waals surface area contributed by atoms with Gasteiger partial charge in [-0.25, -0.2) is 0 Å². The summed E-state index contributed by atoms with van der Waals surface area (Å²) in [5.74, 6) is 0.776. The van der Waals surface area contributed by atoms with E-state index in [1.807, 2.05) is 12.1 Å². The number of benzene rings is 1. The molecule has 0 spiro atoms. The second kappa shape index (κ2) is 7.98. The Bertz CT molecular complexity index is 429. The van der Waals surface area contributed by atoms with E-state index in [2.05, 4.69) is 46.8 Å². The topological polar surface area (TPSA) is 49.7 Å². The van der Waals surface area contributed by atoms with Gasteiger partial charge in [0.05, 0.1) is 6.10 Å². The minimum atomic E-state index is -0.524. The highest BCUT2D eigenvalue weighted by molar-refractivity contribution is 5.31. The van der Waals surface area contributed by atoms with Crippen molar-refractivity contribution in [3.63, 3.8) is 0 Å². The van der Waals surface area contributed by atoms with E-state index >= 15 is 0 Å². The minimum absolute atomic E-state index is 0.106. The summed E-state index contributed by atoms with van der Waals surface area (Å²) < 4.78 is 5.60. The number of aliphatic hydroxyl groups excluding tert-OH is 2. The molecule has 1 aromatic rings. The number of rotatable bonds is 8. The van der Waals surface area contributed by atoms with Crippen molar-refractivity contribution in [2.24, 2.45) is 5.41 Å². The summed E-state index contributed by atoms with van der Waals surface area (Å²) in [4.78, 5) is 0. The third kappa shape index (κ3) is 6.80. The molecule has 0 saturated heterocycles. The van der Waals surface area contributed by atoms with Crippen LogP contribution in [0.5, 0.6) is 5.75 Å². The van der Waals surface area contributed by atoms with Crippen molar-refractivity contribution in [1.82, 2.24) is 0 Å². The van der Waals surface area contributed by atoms with E-state index in [1.54, 1.807) is 0 Å². The quantitative estimate of drug-likeness (QED) is 0.765. The molecule has 1 aromatic carbocycles. The van der Waals surface area contributed by atoms with Crippen LogP contribution in [0.2, 0.25) is 0 Å². The molecule has 0 aliphatic rings. The van der Waals surface area contributed by atoms with Gasteiger partial charge in [-0.1, -0.05) is 46.8 Å². The molecule has 3 nitrogen and oxygen atoms in total. The fourth-order valence-corrected chi connectivity index (χ4v) is 3.03. The maximum Gasteiger partial charge on any atom is 0.119 e. The average molecular weight is 308 g/mol. The Morgan fingerprint density at radius 1 is 1.05 bits per heavy atom. The van der Waals surface area contributed by atoms with Gasteiger partial charge in [-0.15, -0.1) is 0 Å². The van der Waals surface area contributed by atoms with Crippen LogP contribution in [0.15, 0.2) is 24.3 Å². The monoisotopic (exact) mass is 308 g/mol. The Morgan fingerprint density at radius 2 is 1.64 bits per heavy atom. The van der Waals surface area contributed by atoms with E-state index in [9.17, 15) is 5.11 Å². The van der Waals surface area contributed by atoms with Gasteiger partial charge in [0.1, 0.15) is 12.4 Å². The maximum absolute atomic E-state index is 9.72. The van der Waals surface area contributed by atoms with E-state index in [0.29, 0.717) is 12.8 Å². The zero-order valence-electron chi connectivity index (χ0n) is 14.7. The van der Waals surface area contributed by atoms with Gasteiger partial charge in [0.15, 0.2) is 0 Å². The summed E-state index contributed by atoms with van der Waals surface area (Å²) in [6, 6.07) is 8.17. The van der Waals surface area contributed by atoms with Crippen molar-refractivity contribution in [3.8, 4) is 5.75 Å².